The summed E-state index contributed by atoms with van der Waals surface area (Å²) in [7, 11) is 1.67. The summed E-state index contributed by atoms with van der Waals surface area (Å²) in [6.45, 7) is 0. The van der Waals surface area contributed by atoms with E-state index in [1.807, 2.05) is 53.1 Å². The first-order valence-corrected chi connectivity index (χ1v) is 6.13. The third-order valence-electron chi connectivity index (χ3n) is 3.19. The number of rotatable bonds is 3. The maximum absolute atomic E-state index is 6.14. The van der Waals surface area contributed by atoms with Crippen LogP contribution in [0.25, 0.3) is 5.65 Å². The van der Waals surface area contributed by atoms with Gasteiger partial charge in [-0.1, -0.05) is 24.3 Å². The average molecular weight is 253 g/mol. The minimum atomic E-state index is 0.664. The zero-order valence-electron chi connectivity index (χ0n) is 10.7. The number of hydrogen-bond donors (Lipinski definition) is 1. The van der Waals surface area contributed by atoms with Gasteiger partial charge in [0.25, 0.3) is 0 Å². The first-order chi connectivity index (χ1) is 9.29. The van der Waals surface area contributed by atoms with Crippen molar-refractivity contribution >= 4 is 11.5 Å². The van der Waals surface area contributed by atoms with Crippen LogP contribution < -0.4 is 10.5 Å². The number of fused-ring (bicyclic) bond motifs is 1. The fraction of sp³-hybridized carbons (Fsp3) is 0.133. The van der Waals surface area contributed by atoms with Crippen molar-refractivity contribution in [3.63, 3.8) is 0 Å². The van der Waals surface area contributed by atoms with E-state index in [1.54, 1.807) is 7.11 Å². The van der Waals surface area contributed by atoms with Crippen molar-refractivity contribution in [2.24, 2.45) is 0 Å². The summed E-state index contributed by atoms with van der Waals surface area (Å²) >= 11 is 0. The summed E-state index contributed by atoms with van der Waals surface area (Å²) < 4.78 is 7.25. The Morgan fingerprint density at radius 3 is 2.74 bits per heavy atom. The van der Waals surface area contributed by atoms with E-state index in [9.17, 15) is 0 Å². The number of ether oxygens (including phenoxy) is 1. The van der Waals surface area contributed by atoms with Gasteiger partial charge in [-0.05, 0) is 18.2 Å². The van der Waals surface area contributed by atoms with Gasteiger partial charge in [0, 0.05) is 18.2 Å². The van der Waals surface area contributed by atoms with E-state index in [4.69, 9.17) is 10.5 Å². The standard InChI is InChI=1S/C15H15N3O/c1-19-13-7-3-2-6-11(13)10-12-15(16)18-9-5-4-8-14(18)17-12/h2-9H,10,16H2,1H3. The van der Waals surface area contributed by atoms with Gasteiger partial charge in [-0.25, -0.2) is 4.98 Å². The fourth-order valence-corrected chi connectivity index (χ4v) is 2.22. The largest absolute Gasteiger partial charge is 0.496 e. The lowest BCUT2D eigenvalue weighted by Gasteiger charge is -2.06. The zero-order chi connectivity index (χ0) is 13.2. The van der Waals surface area contributed by atoms with Gasteiger partial charge in [0.15, 0.2) is 0 Å². The van der Waals surface area contributed by atoms with E-state index < -0.39 is 0 Å². The minimum Gasteiger partial charge on any atom is -0.496 e. The summed E-state index contributed by atoms with van der Waals surface area (Å²) in [6.07, 6.45) is 2.58. The average Bonchev–Trinajstić information content (AvgIpc) is 2.77. The van der Waals surface area contributed by atoms with Gasteiger partial charge < -0.3 is 10.5 Å². The van der Waals surface area contributed by atoms with Gasteiger partial charge in [-0.2, -0.15) is 0 Å². The lowest BCUT2D eigenvalue weighted by atomic mass is 10.1. The molecule has 2 heterocycles. The molecule has 4 nitrogen and oxygen atoms in total. The quantitative estimate of drug-likeness (QED) is 0.780. The zero-order valence-corrected chi connectivity index (χ0v) is 10.7. The molecule has 2 N–H and O–H groups in total. The maximum Gasteiger partial charge on any atom is 0.138 e. The summed E-state index contributed by atoms with van der Waals surface area (Å²) in [5.74, 6) is 1.54. The monoisotopic (exact) mass is 253 g/mol. The predicted molar refractivity (Wildman–Crippen MR) is 75.4 cm³/mol. The number of hydrogen-bond acceptors (Lipinski definition) is 3. The molecule has 0 fully saturated rings. The van der Waals surface area contributed by atoms with Crippen molar-refractivity contribution in [1.82, 2.24) is 9.38 Å². The fourth-order valence-electron chi connectivity index (χ4n) is 2.22. The number of nitrogens with two attached hydrogens (primary N) is 1. The molecule has 0 unspecified atom stereocenters. The molecule has 0 atom stereocenters. The van der Waals surface area contributed by atoms with E-state index >= 15 is 0 Å². The van der Waals surface area contributed by atoms with Crippen LogP contribution in [0.1, 0.15) is 11.3 Å². The Bertz CT molecular complexity index is 718. The van der Waals surface area contributed by atoms with Crippen LogP contribution in [0.5, 0.6) is 5.75 Å². The van der Waals surface area contributed by atoms with E-state index in [1.165, 1.54) is 0 Å². The molecule has 2 aromatic heterocycles. The molecule has 0 saturated carbocycles. The van der Waals surface area contributed by atoms with E-state index in [0.717, 1.165) is 22.7 Å². The van der Waals surface area contributed by atoms with Gasteiger partial charge >= 0.3 is 0 Å². The number of aromatic nitrogens is 2. The third-order valence-corrected chi connectivity index (χ3v) is 3.19. The molecule has 3 aromatic rings. The summed E-state index contributed by atoms with van der Waals surface area (Å²) in [6, 6.07) is 13.8. The summed E-state index contributed by atoms with van der Waals surface area (Å²) in [5.41, 5.74) is 8.96. The van der Waals surface area contributed by atoms with Crippen molar-refractivity contribution in [2.45, 2.75) is 6.42 Å². The molecule has 0 amide bonds. The van der Waals surface area contributed by atoms with Crippen LogP contribution in [0.4, 0.5) is 5.82 Å². The first-order valence-electron chi connectivity index (χ1n) is 6.13. The van der Waals surface area contributed by atoms with Crippen molar-refractivity contribution in [3.8, 4) is 5.75 Å². The molecule has 0 bridgehead atoms. The van der Waals surface area contributed by atoms with Crippen molar-refractivity contribution < 1.29 is 4.74 Å². The topological polar surface area (TPSA) is 52.5 Å². The molecule has 0 aliphatic carbocycles. The SMILES string of the molecule is COc1ccccc1Cc1nc2ccccn2c1N. The van der Waals surface area contributed by atoms with Crippen LogP contribution in [0.3, 0.4) is 0 Å². The highest BCUT2D eigenvalue weighted by atomic mass is 16.5. The lowest BCUT2D eigenvalue weighted by Crippen LogP contribution is -1.98. The molecule has 0 spiro atoms. The number of imidazole rings is 1. The van der Waals surface area contributed by atoms with E-state index in [2.05, 4.69) is 4.98 Å². The number of para-hydroxylation sites is 1. The van der Waals surface area contributed by atoms with Gasteiger partial charge in [-0.3, -0.25) is 4.40 Å². The summed E-state index contributed by atoms with van der Waals surface area (Å²) in [5, 5.41) is 0. The molecule has 1 aromatic carbocycles. The molecule has 0 aliphatic rings. The second-order valence-electron chi connectivity index (χ2n) is 4.36. The summed E-state index contributed by atoms with van der Waals surface area (Å²) in [4.78, 5) is 4.57. The Morgan fingerprint density at radius 2 is 1.95 bits per heavy atom. The predicted octanol–water partition coefficient (Wildman–Crippen LogP) is 2.52. The van der Waals surface area contributed by atoms with Crippen LogP contribution in [-0.2, 0) is 6.42 Å². The number of nitrogen functional groups attached to an aromatic ring is 1. The number of benzene rings is 1. The number of anilines is 1. The highest BCUT2D eigenvalue weighted by Crippen LogP contribution is 2.24. The van der Waals surface area contributed by atoms with Crippen LogP contribution in [-0.4, -0.2) is 16.5 Å². The van der Waals surface area contributed by atoms with Gasteiger partial charge in [0.05, 0.1) is 12.8 Å². The molecule has 0 aliphatic heterocycles. The van der Waals surface area contributed by atoms with Crippen LogP contribution in [0.15, 0.2) is 48.7 Å². The van der Waals surface area contributed by atoms with Crippen molar-refractivity contribution in [2.75, 3.05) is 12.8 Å². The number of pyridine rings is 1. The Kier molecular flexibility index (Phi) is 2.83. The second kappa shape index (κ2) is 4.65. The first kappa shape index (κ1) is 11.6. The van der Waals surface area contributed by atoms with Crippen molar-refractivity contribution in [1.29, 1.82) is 0 Å². The molecule has 96 valence electrons. The maximum atomic E-state index is 6.14. The lowest BCUT2D eigenvalue weighted by molar-refractivity contribution is 0.410. The van der Waals surface area contributed by atoms with Gasteiger partial charge in [0.2, 0.25) is 0 Å². The highest BCUT2D eigenvalue weighted by Gasteiger charge is 2.11. The van der Waals surface area contributed by atoms with Crippen molar-refractivity contribution in [3.05, 3.63) is 59.9 Å². The van der Waals surface area contributed by atoms with Gasteiger partial charge in [0.1, 0.15) is 17.2 Å². The molecule has 0 radical (unpaired) electrons. The molecule has 3 rings (SSSR count). The Hall–Kier alpha value is -2.49. The highest BCUT2D eigenvalue weighted by molar-refractivity contribution is 5.54. The molecular formula is C15H15N3O. The molecular weight excluding hydrogens is 238 g/mol. The third kappa shape index (κ3) is 2.01. The minimum absolute atomic E-state index is 0.664. The molecule has 0 saturated heterocycles. The number of nitrogens with zero attached hydrogens (tertiary/aromatic N) is 2. The second-order valence-corrected chi connectivity index (χ2v) is 4.36. The molecule has 19 heavy (non-hydrogen) atoms. The van der Waals surface area contributed by atoms with E-state index in [-0.39, 0.29) is 0 Å². The van der Waals surface area contributed by atoms with E-state index in [0.29, 0.717) is 12.2 Å². The Morgan fingerprint density at radius 1 is 1.16 bits per heavy atom. The molecule has 4 heteroatoms. The van der Waals surface area contributed by atoms with Crippen LogP contribution >= 0.6 is 0 Å². The Labute approximate surface area is 111 Å². The Balaban J connectivity index is 2.03. The van der Waals surface area contributed by atoms with Crippen LogP contribution in [0, 0.1) is 0 Å². The normalized spacial score (nSPS) is 10.8. The van der Waals surface area contributed by atoms with Gasteiger partial charge in [-0.15, -0.1) is 0 Å². The smallest absolute Gasteiger partial charge is 0.138 e. The van der Waals surface area contributed by atoms with Crippen LogP contribution in [0.2, 0.25) is 0 Å². The number of methoxy groups -OCH3 is 1.